The van der Waals surface area contributed by atoms with Crippen molar-refractivity contribution in [3.63, 3.8) is 0 Å². The van der Waals surface area contributed by atoms with Gasteiger partial charge in [-0.2, -0.15) is 0 Å². The lowest BCUT2D eigenvalue weighted by molar-refractivity contribution is -0.150. The maximum atomic E-state index is 12.1. The largest absolute Gasteiger partial charge is 0.465 e. The molecule has 0 radical (unpaired) electrons. The molecular formula is C34H52O5. The Morgan fingerprint density at radius 3 is 2.08 bits per heavy atom. The fourth-order valence-corrected chi connectivity index (χ4v) is 6.54. The van der Waals surface area contributed by atoms with Crippen LogP contribution in [0.1, 0.15) is 121 Å². The van der Waals surface area contributed by atoms with Gasteiger partial charge in [0.25, 0.3) is 0 Å². The standard InChI is InChI=1S/C34H52O5/c1-5-6-7-8-26-9-11-27(12-10-26)28-13-15-29(16-14-28)30-17-19-31(20-18-30)32(22-38-33(36)24(2)3)23-39-34(37)25(4)21-35/h17-20,25-29,32,35H,2,5-16,21-23H2,1,3-4H3. The first-order valence-electron chi connectivity index (χ1n) is 15.5. The molecule has 0 spiro atoms. The Morgan fingerprint density at radius 2 is 1.51 bits per heavy atom. The number of aliphatic hydroxyl groups is 1. The Hall–Kier alpha value is -2.14. The Kier molecular flexibility index (Phi) is 13.0. The number of carbonyl (C=O) groups is 2. The second-order valence-corrected chi connectivity index (χ2v) is 12.3. The van der Waals surface area contributed by atoms with Crippen molar-refractivity contribution in [2.75, 3.05) is 19.8 Å². The monoisotopic (exact) mass is 540 g/mol. The quantitative estimate of drug-likeness (QED) is 0.149. The van der Waals surface area contributed by atoms with Gasteiger partial charge in [0.1, 0.15) is 13.2 Å². The fraction of sp³-hybridized carbons (Fsp3) is 0.706. The number of hydrogen-bond acceptors (Lipinski definition) is 5. The third-order valence-corrected chi connectivity index (χ3v) is 9.29. The van der Waals surface area contributed by atoms with E-state index in [4.69, 9.17) is 9.47 Å². The summed E-state index contributed by atoms with van der Waals surface area (Å²) in [7, 11) is 0. The summed E-state index contributed by atoms with van der Waals surface area (Å²) >= 11 is 0. The molecule has 5 heteroatoms. The van der Waals surface area contributed by atoms with Crippen LogP contribution in [-0.2, 0) is 19.1 Å². The topological polar surface area (TPSA) is 72.8 Å². The number of hydrogen-bond donors (Lipinski definition) is 1. The number of esters is 2. The van der Waals surface area contributed by atoms with E-state index < -0.39 is 17.9 Å². The average molecular weight is 541 g/mol. The van der Waals surface area contributed by atoms with Crippen LogP contribution in [0, 0.1) is 23.7 Å². The van der Waals surface area contributed by atoms with E-state index in [-0.39, 0.29) is 25.7 Å². The second kappa shape index (κ2) is 16.2. The fourth-order valence-electron chi connectivity index (χ4n) is 6.54. The predicted octanol–water partition coefficient (Wildman–Crippen LogP) is 7.72. The van der Waals surface area contributed by atoms with E-state index in [9.17, 15) is 14.7 Å². The minimum atomic E-state index is -0.582. The summed E-state index contributed by atoms with van der Waals surface area (Å²) in [5.74, 6) is 1.67. The van der Waals surface area contributed by atoms with Crippen LogP contribution in [-0.4, -0.2) is 36.9 Å². The Balaban J connectivity index is 1.51. The molecule has 2 fully saturated rings. The second-order valence-electron chi connectivity index (χ2n) is 12.3. The van der Waals surface area contributed by atoms with Crippen molar-refractivity contribution in [1.29, 1.82) is 0 Å². The van der Waals surface area contributed by atoms with Crippen LogP contribution < -0.4 is 0 Å². The molecule has 5 nitrogen and oxygen atoms in total. The lowest BCUT2D eigenvalue weighted by Crippen LogP contribution is -2.25. The smallest absolute Gasteiger partial charge is 0.333 e. The van der Waals surface area contributed by atoms with Gasteiger partial charge in [-0.15, -0.1) is 0 Å². The Labute approximate surface area is 236 Å². The SMILES string of the molecule is C=C(C)C(=O)OCC(COC(=O)C(C)CO)c1ccc(C2CCC(C3CCC(CCCCC)CC3)CC2)cc1. The van der Waals surface area contributed by atoms with Crippen molar-refractivity contribution >= 4 is 11.9 Å². The predicted molar refractivity (Wildman–Crippen MR) is 156 cm³/mol. The summed E-state index contributed by atoms with van der Waals surface area (Å²) in [6, 6.07) is 8.58. The zero-order chi connectivity index (χ0) is 28.2. The molecule has 0 saturated heterocycles. The molecule has 2 atom stereocenters. The Bertz CT molecular complexity index is 891. The minimum Gasteiger partial charge on any atom is -0.465 e. The zero-order valence-electron chi connectivity index (χ0n) is 24.7. The molecule has 0 bridgehead atoms. The first-order chi connectivity index (χ1) is 18.8. The first-order valence-corrected chi connectivity index (χ1v) is 15.5. The van der Waals surface area contributed by atoms with Gasteiger partial charge >= 0.3 is 11.9 Å². The van der Waals surface area contributed by atoms with Crippen LogP contribution in [0.25, 0.3) is 0 Å². The third kappa shape index (κ3) is 9.77. The number of aliphatic hydroxyl groups excluding tert-OH is 1. The van der Waals surface area contributed by atoms with Gasteiger partial charge in [-0.1, -0.05) is 76.3 Å². The normalized spacial score (nSPS) is 24.9. The van der Waals surface area contributed by atoms with Gasteiger partial charge in [0.2, 0.25) is 0 Å². The summed E-state index contributed by atoms with van der Waals surface area (Å²) in [5.41, 5.74) is 2.69. The first kappa shape index (κ1) is 31.4. The van der Waals surface area contributed by atoms with Crippen LogP contribution in [0.4, 0.5) is 0 Å². The minimum absolute atomic E-state index is 0.0952. The van der Waals surface area contributed by atoms with Crippen molar-refractivity contribution in [1.82, 2.24) is 0 Å². The van der Waals surface area contributed by atoms with Gasteiger partial charge in [0.15, 0.2) is 0 Å². The highest BCUT2D eigenvalue weighted by Gasteiger charge is 2.31. The van der Waals surface area contributed by atoms with Crippen molar-refractivity contribution < 1.29 is 24.2 Å². The molecule has 0 aromatic heterocycles. The highest BCUT2D eigenvalue weighted by Crippen LogP contribution is 2.44. The summed E-state index contributed by atoms with van der Waals surface area (Å²) in [5, 5.41) is 9.24. The Morgan fingerprint density at radius 1 is 0.923 bits per heavy atom. The summed E-state index contributed by atoms with van der Waals surface area (Å²) < 4.78 is 10.8. The lowest BCUT2D eigenvalue weighted by Gasteiger charge is -2.38. The molecule has 39 heavy (non-hydrogen) atoms. The molecule has 1 aromatic carbocycles. The van der Waals surface area contributed by atoms with Crippen molar-refractivity contribution in [3.8, 4) is 0 Å². The molecule has 2 unspecified atom stereocenters. The molecule has 3 rings (SSSR count). The van der Waals surface area contributed by atoms with Crippen molar-refractivity contribution in [2.45, 2.75) is 110 Å². The molecule has 0 heterocycles. The third-order valence-electron chi connectivity index (χ3n) is 9.29. The number of carbonyl (C=O) groups excluding carboxylic acids is 2. The van der Waals surface area contributed by atoms with E-state index in [0.29, 0.717) is 11.5 Å². The maximum Gasteiger partial charge on any atom is 0.333 e. The summed E-state index contributed by atoms with van der Waals surface area (Å²) in [6.07, 6.45) is 16.6. The zero-order valence-corrected chi connectivity index (χ0v) is 24.7. The van der Waals surface area contributed by atoms with E-state index in [1.165, 1.54) is 82.6 Å². The molecule has 1 aromatic rings. The molecule has 2 aliphatic rings. The summed E-state index contributed by atoms with van der Waals surface area (Å²) in [4.78, 5) is 24.1. The van der Waals surface area contributed by atoms with E-state index in [1.54, 1.807) is 13.8 Å². The average Bonchev–Trinajstić information content (AvgIpc) is 2.97. The highest BCUT2D eigenvalue weighted by atomic mass is 16.5. The lowest BCUT2D eigenvalue weighted by atomic mass is 9.68. The van der Waals surface area contributed by atoms with Gasteiger partial charge in [-0.25, -0.2) is 4.79 Å². The van der Waals surface area contributed by atoms with Gasteiger partial charge < -0.3 is 14.6 Å². The molecular weight excluding hydrogens is 488 g/mol. The van der Waals surface area contributed by atoms with E-state index >= 15 is 0 Å². The molecule has 2 saturated carbocycles. The highest BCUT2D eigenvalue weighted by molar-refractivity contribution is 5.86. The van der Waals surface area contributed by atoms with Gasteiger partial charge in [0.05, 0.1) is 18.4 Å². The number of unbranched alkanes of at least 4 members (excludes halogenated alkanes) is 2. The molecule has 2 aliphatic carbocycles. The molecule has 0 aliphatic heterocycles. The molecule has 218 valence electrons. The van der Waals surface area contributed by atoms with Crippen LogP contribution >= 0.6 is 0 Å². The van der Waals surface area contributed by atoms with E-state index in [1.807, 2.05) is 0 Å². The van der Waals surface area contributed by atoms with Crippen molar-refractivity contribution in [3.05, 3.63) is 47.5 Å². The van der Waals surface area contributed by atoms with E-state index in [2.05, 4.69) is 37.8 Å². The molecule has 0 amide bonds. The van der Waals surface area contributed by atoms with Crippen molar-refractivity contribution in [2.24, 2.45) is 23.7 Å². The van der Waals surface area contributed by atoms with Crippen LogP contribution in [0.5, 0.6) is 0 Å². The van der Waals surface area contributed by atoms with Crippen LogP contribution in [0.15, 0.2) is 36.4 Å². The van der Waals surface area contributed by atoms with Crippen LogP contribution in [0.3, 0.4) is 0 Å². The summed E-state index contributed by atoms with van der Waals surface area (Å²) in [6.45, 7) is 9.12. The van der Waals surface area contributed by atoms with Gasteiger partial charge in [-0.3, -0.25) is 4.79 Å². The van der Waals surface area contributed by atoms with Gasteiger partial charge in [0, 0.05) is 5.57 Å². The van der Waals surface area contributed by atoms with Crippen LogP contribution in [0.2, 0.25) is 0 Å². The number of ether oxygens (including phenoxy) is 2. The molecule has 1 N–H and O–H groups in total. The van der Waals surface area contributed by atoms with Gasteiger partial charge in [-0.05, 0) is 87.2 Å². The maximum absolute atomic E-state index is 12.1. The van der Waals surface area contributed by atoms with E-state index in [0.717, 1.165) is 23.3 Å². The number of rotatable bonds is 14. The number of benzene rings is 1.